The number of aromatic nitrogens is 3. The lowest BCUT2D eigenvalue weighted by Gasteiger charge is -2.27. The highest BCUT2D eigenvalue weighted by molar-refractivity contribution is 5.66. The van der Waals surface area contributed by atoms with Crippen LogP contribution in [0.5, 0.6) is 23.3 Å². The summed E-state index contributed by atoms with van der Waals surface area (Å²) in [6, 6.07) is 1.71. The Bertz CT molecular complexity index is 978. The van der Waals surface area contributed by atoms with Gasteiger partial charge in [-0.3, -0.25) is 0 Å². The maximum absolute atomic E-state index is 13.0. The number of hydrogen-bond acceptors (Lipinski definition) is 10. The van der Waals surface area contributed by atoms with E-state index in [2.05, 4.69) is 25.0 Å². The molecule has 2 heterocycles. The lowest BCUT2D eigenvalue weighted by molar-refractivity contribution is -0.301. The SMILES string of the molecule is COc1cc(Nc2nc(OC(C(F)(F)F)C(F)(F)F)nc(N3CCOCC3)n2)cc(OC)c1OC. The van der Waals surface area contributed by atoms with Crippen LogP contribution in [0, 0.1) is 0 Å². The van der Waals surface area contributed by atoms with Gasteiger partial charge in [-0.2, -0.15) is 41.3 Å². The van der Waals surface area contributed by atoms with Crippen LogP contribution < -0.4 is 29.2 Å². The minimum absolute atomic E-state index is 0.198. The summed E-state index contributed by atoms with van der Waals surface area (Å²) in [5.41, 5.74) is 0.229. The average Bonchev–Trinajstić information content (AvgIpc) is 2.80. The summed E-state index contributed by atoms with van der Waals surface area (Å²) in [6.45, 7) is 1.00. The molecule has 0 atom stereocenters. The maximum atomic E-state index is 13.0. The predicted octanol–water partition coefficient (Wildman–Crippen LogP) is 3.35. The van der Waals surface area contributed by atoms with Gasteiger partial charge in [0, 0.05) is 30.9 Å². The van der Waals surface area contributed by atoms with E-state index in [1.807, 2.05) is 0 Å². The molecule has 2 aromatic rings. The van der Waals surface area contributed by atoms with Gasteiger partial charge < -0.3 is 33.9 Å². The van der Waals surface area contributed by atoms with Crippen LogP contribution in [-0.4, -0.2) is 81.0 Å². The number of methoxy groups -OCH3 is 3. The predicted molar refractivity (Wildman–Crippen MR) is 109 cm³/mol. The Morgan fingerprint density at radius 1 is 0.886 bits per heavy atom. The average molecular weight is 513 g/mol. The number of morpholine rings is 1. The highest BCUT2D eigenvalue weighted by atomic mass is 19.4. The van der Waals surface area contributed by atoms with Crippen molar-refractivity contribution in [2.45, 2.75) is 18.5 Å². The second kappa shape index (κ2) is 10.5. The number of ether oxygens (including phenoxy) is 5. The standard InChI is InChI=1S/C19H21F6N5O5/c1-31-11-8-10(9-12(32-2)13(11)33-3)26-15-27-16(30-4-6-34-7-5-30)29-17(28-15)35-14(18(20,21)22)19(23,24)25/h8-9,14H,4-7H2,1-3H3,(H,26,27,28,29). The zero-order valence-corrected chi connectivity index (χ0v) is 18.7. The first-order valence-electron chi connectivity index (χ1n) is 9.92. The van der Waals surface area contributed by atoms with Crippen molar-refractivity contribution in [3.63, 3.8) is 0 Å². The molecule has 0 unspecified atom stereocenters. The normalized spacial score (nSPS) is 14.6. The number of anilines is 3. The molecular weight excluding hydrogens is 492 g/mol. The second-order valence-corrected chi connectivity index (χ2v) is 6.96. The molecule has 1 aromatic carbocycles. The molecule has 1 aliphatic heterocycles. The van der Waals surface area contributed by atoms with Crippen molar-refractivity contribution in [1.29, 1.82) is 0 Å². The summed E-state index contributed by atoms with van der Waals surface area (Å²) in [6.07, 6.45) is -15.6. The molecule has 35 heavy (non-hydrogen) atoms. The molecule has 0 amide bonds. The molecule has 10 nitrogen and oxygen atoms in total. The molecule has 0 aliphatic carbocycles. The van der Waals surface area contributed by atoms with Gasteiger partial charge in [-0.05, 0) is 0 Å². The van der Waals surface area contributed by atoms with Gasteiger partial charge in [-0.1, -0.05) is 0 Å². The van der Waals surface area contributed by atoms with Crippen LogP contribution in [0.1, 0.15) is 0 Å². The Kier molecular flexibility index (Phi) is 7.82. The lowest BCUT2D eigenvalue weighted by atomic mass is 10.2. The van der Waals surface area contributed by atoms with Crippen molar-refractivity contribution in [2.75, 3.05) is 57.8 Å². The zero-order valence-electron chi connectivity index (χ0n) is 18.7. The minimum Gasteiger partial charge on any atom is -0.493 e. The molecule has 16 heteroatoms. The molecule has 0 radical (unpaired) electrons. The fourth-order valence-electron chi connectivity index (χ4n) is 3.07. The van der Waals surface area contributed by atoms with E-state index < -0.39 is 24.5 Å². The Hall–Kier alpha value is -3.43. The van der Waals surface area contributed by atoms with Gasteiger partial charge in [0.1, 0.15) is 0 Å². The van der Waals surface area contributed by atoms with E-state index >= 15 is 0 Å². The topological polar surface area (TPSA) is 100 Å². The highest BCUT2D eigenvalue weighted by Gasteiger charge is 2.59. The minimum atomic E-state index is -5.76. The van der Waals surface area contributed by atoms with Crippen LogP contribution in [-0.2, 0) is 4.74 Å². The van der Waals surface area contributed by atoms with E-state index in [0.717, 1.165) is 0 Å². The molecule has 0 saturated carbocycles. The van der Waals surface area contributed by atoms with Crippen LogP contribution in [0.15, 0.2) is 12.1 Å². The summed E-state index contributed by atoms with van der Waals surface area (Å²) < 4.78 is 103. The van der Waals surface area contributed by atoms with Crippen molar-refractivity contribution >= 4 is 17.6 Å². The Labute approximate surface area is 195 Å². The van der Waals surface area contributed by atoms with Crippen molar-refractivity contribution in [2.24, 2.45) is 0 Å². The Morgan fingerprint density at radius 3 is 1.94 bits per heavy atom. The zero-order chi connectivity index (χ0) is 25.8. The van der Waals surface area contributed by atoms with Crippen LogP contribution in [0.2, 0.25) is 0 Å². The van der Waals surface area contributed by atoms with Gasteiger partial charge in [-0.15, -0.1) is 0 Å². The van der Waals surface area contributed by atoms with Crippen LogP contribution >= 0.6 is 0 Å². The van der Waals surface area contributed by atoms with E-state index in [0.29, 0.717) is 0 Å². The number of benzene rings is 1. The summed E-state index contributed by atoms with van der Waals surface area (Å²) in [5.74, 6) is 0.127. The van der Waals surface area contributed by atoms with Gasteiger partial charge in [0.05, 0.1) is 34.5 Å². The number of nitrogens with zero attached hydrogens (tertiary/aromatic N) is 4. The van der Waals surface area contributed by atoms with E-state index in [4.69, 9.17) is 18.9 Å². The summed E-state index contributed by atoms with van der Waals surface area (Å²) in [7, 11) is 4.11. The Morgan fingerprint density at radius 2 is 1.46 bits per heavy atom. The first-order valence-corrected chi connectivity index (χ1v) is 9.92. The van der Waals surface area contributed by atoms with E-state index in [1.54, 1.807) is 0 Å². The fraction of sp³-hybridized carbons (Fsp3) is 0.526. The summed E-state index contributed by atoms with van der Waals surface area (Å²) in [4.78, 5) is 12.9. The number of rotatable bonds is 8. The molecule has 3 rings (SSSR count). The van der Waals surface area contributed by atoms with Crippen molar-refractivity contribution in [3.8, 4) is 23.3 Å². The molecule has 1 aromatic heterocycles. The van der Waals surface area contributed by atoms with Gasteiger partial charge >= 0.3 is 18.4 Å². The quantitative estimate of drug-likeness (QED) is 0.529. The largest absolute Gasteiger partial charge is 0.493 e. The second-order valence-electron chi connectivity index (χ2n) is 6.96. The Balaban J connectivity index is 2.02. The smallest absolute Gasteiger partial charge is 0.434 e. The van der Waals surface area contributed by atoms with Gasteiger partial charge in [0.25, 0.3) is 6.10 Å². The monoisotopic (exact) mass is 513 g/mol. The van der Waals surface area contributed by atoms with E-state index in [9.17, 15) is 26.3 Å². The third-order valence-electron chi connectivity index (χ3n) is 4.64. The van der Waals surface area contributed by atoms with Crippen LogP contribution in [0.3, 0.4) is 0 Å². The highest BCUT2D eigenvalue weighted by Crippen LogP contribution is 2.41. The molecule has 0 bridgehead atoms. The third-order valence-corrected chi connectivity index (χ3v) is 4.64. The number of alkyl halides is 6. The van der Waals surface area contributed by atoms with E-state index in [1.165, 1.54) is 38.4 Å². The maximum Gasteiger partial charge on any atom is 0.434 e. The van der Waals surface area contributed by atoms with Gasteiger partial charge in [0.2, 0.25) is 17.6 Å². The van der Waals surface area contributed by atoms with E-state index in [-0.39, 0.29) is 61.1 Å². The lowest BCUT2D eigenvalue weighted by Crippen LogP contribution is -2.47. The van der Waals surface area contributed by atoms with Crippen LogP contribution in [0.25, 0.3) is 0 Å². The first kappa shape index (κ1) is 26.2. The molecule has 1 saturated heterocycles. The van der Waals surface area contributed by atoms with Crippen molar-refractivity contribution < 1.29 is 50.0 Å². The number of hydrogen-bond donors (Lipinski definition) is 1. The third kappa shape index (κ3) is 6.37. The molecule has 0 spiro atoms. The van der Waals surface area contributed by atoms with Crippen LogP contribution in [0.4, 0.5) is 43.9 Å². The summed E-state index contributed by atoms with van der Waals surface area (Å²) >= 11 is 0. The van der Waals surface area contributed by atoms with Crippen molar-refractivity contribution in [3.05, 3.63) is 12.1 Å². The molecule has 194 valence electrons. The number of halogens is 6. The molecule has 1 aliphatic rings. The van der Waals surface area contributed by atoms with Gasteiger partial charge in [0.15, 0.2) is 11.5 Å². The molecule has 1 N–H and O–H groups in total. The number of nitrogens with one attached hydrogen (secondary N) is 1. The van der Waals surface area contributed by atoms with Crippen molar-refractivity contribution in [1.82, 2.24) is 15.0 Å². The fourth-order valence-corrected chi connectivity index (χ4v) is 3.07. The first-order chi connectivity index (χ1) is 16.5. The van der Waals surface area contributed by atoms with Gasteiger partial charge in [-0.25, -0.2) is 0 Å². The molecule has 1 fully saturated rings. The summed E-state index contributed by atoms with van der Waals surface area (Å²) in [5, 5.41) is 2.70. The molecular formula is C19H21F6N5O5.